The van der Waals surface area contributed by atoms with Gasteiger partial charge in [0.1, 0.15) is 40.7 Å². The first kappa shape index (κ1) is 41.4. The Hall–Kier alpha value is -6.60. The minimum absolute atomic E-state index is 0.0294. The van der Waals surface area contributed by atoms with Gasteiger partial charge in [-0.05, 0) is 119 Å². The molecule has 3 aliphatic heterocycles. The largest absolute Gasteiger partial charge is 0.374 e. The van der Waals surface area contributed by atoms with Crippen molar-refractivity contribution < 1.29 is 14.0 Å². The minimum Gasteiger partial charge on any atom is -0.374 e. The lowest BCUT2D eigenvalue weighted by Crippen LogP contribution is -2.47. The molecule has 1 atom stereocenters. The van der Waals surface area contributed by atoms with Crippen LogP contribution in [0, 0.1) is 17.1 Å². The van der Waals surface area contributed by atoms with E-state index < -0.39 is 6.04 Å². The maximum atomic E-state index is 15.4. The lowest BCUT2D eigenvalue weighted by Gasteiger charge is -2.41. The molecule has 2 amide bonds. The van der Waals surface area contributed by atoms with Gasteiger partial charge in [-0.1, -0.05) is 13.0 Å². The molecule has 4 aliphatic rings. The van der Waals surface area contributed by atoms with Crippen LogP contribution in [0.4, 0.5) is 15.9 Å². The number of amides is 2. The summed E-state index contributed by atoms with van der Waals surface area (Å²) in [7, 11) is 0. The van der Waals surface area contributed by atoms with Gasteiger partial charge in [0.15, 0.2) is 0 Å². The van der Waals surface area contributed by atoms with Gasteiger partial charge in [-0.25, -0.2) is 28.8 Å². The van der Waals surface area contributed by atoms with E-state index in [1.54, 1.807) is 10.7 Å². The Morgan fingerprint density at radius 3 is 2.36 bits per heavy atom. The highest BCUT2D eigenvalue weighted by atomic mass is 19.1. The smallest absolute Gasteiger partial charge is 0.249 e. The molecule has 5 aromatic heterocycles. The lowest BCUT2D eigenvalue weighted by molar-refractivity contribution is -0.133. The van der Waals surface area contributed by atoms with Gasteiger partial charge in [0, 0.05) is 72.6 Å². The number of rotatable bonds is 10. The maximum absolute atomic E-state index is 15.4. The molecular formula is C48H52FN13O2. The number of nitrogens with zero attached hydrogens (tertiary/aromatic N) is 11. The number of anilines is 2. The number of carbonyl (C=O) groups excluding carboxylic acids is 2. The van der Waals surface area contributed by atoms with Crippen LogP contribution in [0.5, 0.6) is 0 Å². The highest BCUT2D eigenvalue weighted by molar-refractivity contribution is 6.01. The van der Waals surface area contributed by atoms with E-state index in [1.807, 2.05) is 61.3 Å². The van der Waals surface area contributed by atoms with Gasteiger partial charge >= 0.3 is 0 Å². The highest BCUT2D eigenvalue weighted by Gasteiger charge is 2.38. The standard InChI is InChI=1S/C48H52FN13O2/c1-2-48(47-51-18-3-19-52-47)16-22-60(23-17-48)42-12-4-32(26-53-42)44-45-33(25-50)27-55-62(45)30-41(57-44)34-28-54-61(29-34)37-8-6-36(7-9-37)59-20-14-31(15-21-59)38-10-5-35(24-39(38)49)56-40-11-13-43(63)58-46(40)64/h3-5,10,12,18-19,24,26-31,36-37,40,56H,2,6-9,11,13-17,20-23H2,1H3,(H,58,63,64)/t36-,37-,40-/m1/s1. The average molecular weight is 862 g/mol. The van der Waals surface area contributed by atoms with Crippen molar-refractivity contribution in [3.63, 3.8) is 0 Å². The number of likely N-dealkylation sites (tertiary alicyclic amines) is 1. The van der Waals surface area contributed by atoms with Gasteiger partial charge in [0.2, 0.25) is 11.8 Å². The molecular weight excluding hydrogens is 810 g/mol. The van der Waals surface area contributed by atoms with Gasteiger partial charge in [-0.3, -0.25) is 19.6 Å². The zero-order chi connectivity index (χ0) is 43.8. The third-order valence-corrected chi connectivity index (χ3v) is 14.4. The molecule has 1 aliphatic carbocycles. The summed E-state index contributed by atoms with van der Waals surface area (Å²) in [5, 5.41) is 24.8. The van der Waals surface area contributed by atoms with E-state index >= 15 is 4.39 Å². The zero-order valence-corrected chi connectivity index (χ0v) is 36.0. The van der Waals surface area contributed by atoms with E-state index in [-0.39, 0.29) is 41.4 Å². The van der Waals surface area contributed by atoms with Crippen molar-refractivity contribution in [3.05, 3.63) is 103 Å². The number of piperidine rings is 3. The van der Waals surface area contributed by atoms with E-state index in [0.29, 0.717) is 40.6 Å². The van der Waals surface area contributed by atoms with Crippen molar-refractivity contribution in [2.24, 2.45) is 0 Å². The summed E-state index contributed by atoms with van der Waals surface area (Å²) in [4.78, 5) is 47.9. The number of aromatic nitrogens is 8. The summed E-state index contributed by atoms with van der Waals surface area (Å²) in [6.45, 7) is 5.80. The van der Waals surface area contributed by atoms with Crippen LogP contribution in [-0.2, 0) is 15.0 Å². The summed E-state index contributed by atoms with van der Waals surface area (Å²) >= 11 is 0. The number of fused-ring (bicyclic) bond motifs is 1. The molecule has 0 spiro atoms. The molecule has 2 N–H and O–H groups in total. The van der Waals surface area contributed by atoms with Gasteiger partial charge < -0.3 is 15.1 Å². The fraction of sp³-hybridized carbons (Fsp3) is 0.438. The Morgan fingerprint density at radius 2 is 1.66 bits per heavy atom. The number of pyridine rings is 1. The topological polar surface area (TPSA) is 175 Å². The summed E-state index contributed by atoms with van der Waals surface area (Å²) in [6.07, 6.45) is 22.4. The molecule has 1 aromatic carbocycles. The lowest BCUT2D eigenvalue weighted by atomic mass is 9.75. The predicted octanol–water partition coefficient (Wildman–Crippen LogP) is 6.98. The predicted molar refractivity (Wildman–Crippen MR) is 239 cm³/mol. The molecule has 328 valence electrons. The second-order valence-electron chi connectivity index (χ2n) is 17.9. The minimum atomic E-state index is -0.544. The monoisotopic (exact) mass is 861 g/mol. The Balaban J connectivity index is 0.765. The van der Waals surface area contributed by atoms with Crippen molar-refractivity contribution >= 4 is 28.8 Å². The molecule has 15 nitrogen and oxygen atoms in total. The number of imide groups is 1. The van der Waals surface area contributed by atoms with Crippen molar-refractivity contribution in [1.82, 2.24) is 49.5 Å². The van der Waals surface area contributed by atoms with Crippen LogP contribution in [-0.4, -0.2) is 94.3 Å². The first-order valence-electron chi connectivity index (χ1n) is 22.7. The third-order valence-electron chi connectivity index (χ3n) is 14.4. The van der Waals surface area contributed by atoms with Gasteiger partial charge in [0.05, 0.1) is 36.0 Å². The van der Waals surface area contributed by atoms with Crippen LogP contribution in [0.25, 0.3) is 28.0 Å². The van der Waals surface area contributed by atoms with E-state index in [4.69, 9.17) is 15.1 Å². The Morgan fingerprint density at radius 1 is 0.875 bits per heavy atom. The summed E-state index contributed by atoms with van der Waals surface area (Å²) in [5.74, 6) is 1.09. The summed E-state index contributed by atoms with van der Waals surface area (Å²) in [6, 6.07) is 13.6. The van der Waals surface area contributed by atoms with Crippen molar-refractivity contribution in [2.45, 2.75) is 107 Å². The number of carbonyl (C=O) groups is 2. The van der Waals surface area contributed by atoms with E-state index in [2.05, 4.69) is 59.4 Å². The quantitative estimate of drug-likeness (QED) is 0.135. The molecule has 16 heteroatoms. The Labute approximate surface area is 371 Å². The van der Waals surface area contributed by atoms with Crippen LogP contribution in [0.1, 0.15) is 106 Å². The van der Waals surface area contributed by atoms with Crippen LogP contribution in [0.15, 0.2) is 79.8 Å². The molecule has 64 heavy (non-hydrogen) atoms. The molecule has 8 heterocycles. The number of benzene rings is 1. The Bertz CT molecular complexity index is 2690. The number of nitrogens with one attached hydrogen (secondary N) is 2. The molecule has 0 radical (unpaired) electrons. The number of hydrogen-bond acceptors (Lipinski definition) is 12. The van der Waals surface area contributed by atoms with Crippen molar-refractivity contribution in [3.8, 4) is 28.6 Å². The normalized spacial score (nSPS) is 22.0. The van der Waals surface area contributed by atoms with Crippen LogP contribution in [0.3, 0.4) is 0 Å². The fourth-order valence-corrected chi connectivity index (χ4v) is 10.5. The molecule has 1 saturated carbocycles. The van der Waals surface area contributed by atoms with Gasteiger partial charge in [-0.2, -0.15) is 15.5 Å². The van der Waals surface area contributed by atoms with E-state index in [9.17, 15) is 14.9 Å². The second-order valence-corrected chi connectivity index (χ2v) is 17.9. The summed E-state index contributed by atoms with van der Waals surface area (Å²) in [5.41, 5.74) is 5.40. The molecule has 4 fully saturated rings. The van der Waals surface area contributed by atoms with Crippen LogP contribution >= 0.6 is 0 Å². The molecule has 10 rings (SSSR count). The number of nitriles is 1. The molecule has 0 bridgehead atoms. The molecule has 3 saturated heterocycles. The first-order chi connectivity index (χ1) is 31.3. The van der Waals surface area contributed by atoms with E-state index in [0.717, 1.165) is 112 Å². The SMILES string of the molecule is CCC1(c2ncccn2)CCN(c2ccc(-c3nc(-c4cnn([C@H]5CC[C@H](N6CCC(c7ccc(N[C@@H]8CCC(=O)NC8=O)cc7F)CC6)CC5)c4)cn4ncc(C#N)c34)cn2)CC1. The zero-order valence-electron chi connectivity index (χ0n) is 36.0. The molecule has 6 aromatic rings. The number of halogens is 1. The van der Waals surface area contributed by atoms with Gasteiger partial charge in [0.25, 0.3) is 0 Å². The molecule has 0 unspecified atom stereocenters. The second kappa shape index (κ2) is 17.5. The first-order valence-corrected chi connectivity index (χ1v) is 22.7. The number of hydrogen-bond donors (Lipinski definition) is 2. The third kappa shape index (κ3) is 8.09. The van der Waals surface area contributed by atoms with E-state index in [1.165, 1.54) is 6.07 Å². The Kier molecular flexibility index (Phi) is 11.3. The average Bonchev–Trinajstić information content (AvgIpc) is 4.01. The van der Waals surface area contributed by atoms with Crippen molar-refractivity contribution in [2.75, 3.05) is 36.4 Å². The van der Waals surface area contributed by atoms with Gasteiger partial charge in [-0.15, -0.1) is 0 Å². The fourth-order valence-electron chi connectivity index (χ4n) is 10.5. The highest BCUT2D eigenvalue weighted by Crippen LogP contribution is 2.39. The maximum Gasteiger partial charge on any atom is 0.249 e. The van der Waals surface area contributed by atoms with Crippen molar-refractivity contribution in [1.29, 1.82) is 5.26 Å². The van der Waals surface area contributed by atoms with Crippen LogP contribution in [0.2, 0.25) is 0 Å². The van der Waals surface area contributed by atoms with Crippen LogP contribution < -0.4 is 15.5 Å². The summed E-state index contributed by atoms with van der Waals surface area (Å²) < 4.78 is 19.2.